The van der Waals surface area contributed by atoms with Crippen molar-refractivity contribution in [1.29, 1.82) is 0 Å². The number of urea groups is 1. The fourth-order valence-electron chi connectivity index (χ4n) is 3.84. The maximum Gasteiger partial charge on any atom is 0.417 e. The highest BCUT2D eigenvalue weighted by atomic mass is 35.5. The number of alkyl halides is 3. The average Bonchev–Trinajstić information content (AvgIpc) is 3.27. The summed E-state index contributed by atoms with van der Waals surface area (Å²) in [7, 11) is 0. The number of hydrogen-bond donors (Lipinski definition) is 1. The highest BCUT2D eigenvalue weighted by Crippen LogP contribution is 2.37. The van der Waals surface area contributed by atoms with Gasteiger partial charge in [-0.1, -0.05) is 30.9 Å². The van der Waals surface area contributed by atoms with Gasteiger partial charge in [0.25, 0.3) is 5.91 Å². The van der Waals surface area contributed by atoms with Crippen LogP contribution in [0.1, 0.15) is 43.4 Å². The summed E-state index contributed by atoms with van der Waals surface area (Å²) in [5, 5.41) is 2.16. The number of nitrogens with zero attached hydrogens (tertiary/aromatic N) is 1. The van der Waals surface area contributed by atoms with Crippen molar-refractivity contribution in [1.82, 2.24) is 10.2 Å². The molecule has 1 N–H and O–H groups in total. The van der Waals surface area contributed by atoms with Gasteiger partial charge in [-0.25, -0.2) is 4.79 Å². The Morgan fingerprint density at radius 3 is 2.53 bits per heavy atom. The highest BCUT2D eigenvalue weighted by molar-refractivity contribution is 6.31. The first-order valence-corrected chi connectivity index (χ1v) is 9.95. The lowest BCUT2D eigenvalue weighted by Crippen LogP contribution is -2.41. The monoisotopic (exact) mass is 438 g/mol. The van der Waals surface area contributed by atoms with E-state index < -0.39 is 28.7 Å². The zero-order chi connectivity index (χ0) is 21.5. The van der Waals surface area contributed by atoms with Gasteiger partial charge in [0, 0.05) is 17.7 Å². The van der Waals surface area contributed by atoms with Crippen molar-refractivity contribution < 1.29 is 27.2 Å². The van der Waals surface area contributed by atoms with Crippen molar-refractivity contribution in [3.8, 4) is 11.3 Å². The molecule has 2 aliphatic rings. The maximum absolute atomic E-state index is 13.1. The summed E-state index contributed by atoms with van der Waals surface area (Å²) < 4.78 is 44.8. The minimum atomic E-state index is -4.59. The van der Waals surface area contributed by atoms with Gasteiger partial charge in [-0.3, -0.25) is 9.69 Å². The lowest BCUT2D eigenvalue weighted by molar-refractivity contribution is -0.137. The first-order valence-electron chi connectivity index (χ1n) is 9.57. The molecule has 0 bridgehead atoms. The molecule has 2 aromatic rings. The molecule has 1 aromatic heterocycles. The second-order valence-electron chi connectivity index (χ2n) is 7.35. The number of nitrogens with one attached hydrogen (secondary N) is 1. The first-order chi connectivity index (χ1) is 14.2. The van der Waals surface area contributed by atoms with Gasteiger partial charge in [0.05, 0.1) is 10.6 Å². The van der Waals surface area contributed by atoms with Crippen molar-refractivity contribution >= 4 is 29.6 Å². The SMILES string of the molecule is O=C1N/C(=C\c2ccc(-c3ccc(Cl)c(C(F)(F)F)c3)o2)C(=O)N1C1CCCCC1. The Balaban J connectivity index is 1.57. The lowest BCUT2D eigenvalue weighted by Gasteiger charge is -2.28. The van der Waals surface area contributed by atoms with Gasteiger partial charge >= 0.3 is 12.2 Å². The molecule has 3 amide bonds. The molecule has 0 unspecified atom stereocenters. The van der Waals surface area contributed by atoms with Crippen LogP contribution in [-0.2, 0) is 11.0 Å². The van der Waals surface area contributed by atoms with Crippen molar-refractivity contribution in [2.75, 3.05) is 0 Å². The van der Waals surface area contributed by atoms with E-state index in [-0.39, 0.29) is 28.8 Å². The van der Waals surface area contributed by atoms with E-state index in [0.29, 0.717) is 0 Å². The number of carbonyl (C=O) groups excluding carboxylic acids is 2. The van der Waals surface area contributed by atoms with Gasteiger partial charge in [0.15, 0.2) is 0 Å². The molecule has 2 heterocycles. The normalized spacial score (nSPS) is 19.6. The zero-order valence-corrected chi connectivity index (χ0v) is 16.5. The summed E-state index contributed by atoms with van der Waals surface area (Å²) in [6, 6.07) is 5.93. The van der Waals surface area contributed by atoms with Gasteiger partial charge < -0.3 is 9.73 Å². The predicted molar refractivity (Wildman–Crippen MR) is 104 cm³/mol. The third-order valence-corrected chi connectivity index (χ3v) is 5.65. The van der Waals surface area contributed by atoms with E-state index in [4.69, 9.17) is 16.0 Å². The van der Waals surface area contributed by atoms with Crippen LogP contribution in [0.4, 0.5) is 18.0 Å². The topological polar surface area (TPSA) is 62.6 Å². The molecular weight excluding hydrogens is 421 g/mol. The number of rotatable bonds is 3. The van der Waals surface area contributed by atoms with Crippen LogP contribution in [0.5, 0.6) is 0 Å². The summed E-state index contributed by atoms with van der Waals surface area (Å²) in [5.74, 6) is 0.00304. The van der Waals surface area contributed by atoms with Crippen LogP contribution in [0.2, 0.25) is 5.02 Å². The molecule has 9 heteroatoms. The van der Waals surface area contributed by atoms with Gasteiger partial charge in [0.1, 0.15) is 17.2 Å². The van der Waals surface area contributed by atoms with Gasteiger partial charge in [-0.05, 0) is 43.2 Å². The second kappa shape index (κ2) is 7.83. The number of benzene rings is 1. The standard InChI is InChI=1S/C21H18ClF3N2O3/c22-16-8-6-12(10-15(16)21(23,24)25)18-9-7-14(30-18)11-17-19(28)27(20(29)26-17)13-4-2-1-3-5-13/h6-11,13H,1-5H2,(H,26,29)/b17-11-. The Morgan fingerprint density at radius 2 is 1.83 bits per heavy atom. The molecule has 1 aliphatic heterocycles. The number of furan rings is 1. The van der Waals surface area contributed by atoms with E-state index >= 15 is 0 Å². The van der Waals surface area contributed by atoms with E-state index in [2.05, 4.69) is 5.32 Å². The fraction of sp³-hybridized carbons (Fsp3) is 0.333. The molecule has 1 aliphatic carbocycles. The summed E-state index contributed by atoms with van der Waals surface area (Å²) in [4.78, 5) is 26.2. The molecule has 0 atom stereocenters. The van der Waals surface area contributed by atoms with E-state index in [9.17, 15) is 22.8 Å². The smallest absolute Gasteiger partial charge is 0.417 e. The molecule has 30 heavy (non-hydrogen) atoms. The van der Waals surface area contributed by atoms with Crippen molar-refractivity contribution in [2.45, 2.75) is 44.3 Å². The Bertz CT molecular complexity index is 1020. The third kappa shape index (κ3) is 3.96. The van der Waals surface area contributed by atoms with Crippen molar-refractivity contribution in [3.05, 3.63) is 52.4 Å². The number of carbonyl (C=O) groups is 2. The molecule has 0 radical (unpaired) electrons. The number of amides is 3. The molecule has 2 fully saturated rings. The van der Waals surface area contributed by atoms with Crippen LogP contribution >= 0.6 is 11.6 Å². The number of imide groups is 1. The molecule has 4 rings (SSSR count). The summed E-state index contributed by atoms with van der Waals surface area (Å²) in [6.45, 7) is 0. The van der Waals surface area contributed by atoms with E-state index in [0.717, 1.165) is 44.2 Å². The van der Waals surface area contributed by atoms with Crippen LogP contribution < -0.4 is 5.32 Å². The van der Waals surface area contributed by atoms with Crippen molar-refractivity contribution in [3.63, 3.8) is 0 Å². The summed E-state index contributed by atoms with van der Waals surface area (Å²) >= 11 is 5.65. The van der Waals surface area contributed by atoms with Crippen molar-refractivity contribution in [2.24, 2.45) is 0 Å². The van der Waals surface area contributed by atoms with Gasteiger partial charge in [-0.2, -0.15) is 13.2 Å². The Morgan fingerprint density at radius 1 is 1.10 bits per heavy atom. The molecule has 1 aromatic carbocycles. The van der Waals surface area contributed by atoms with Crippen LogP contribution in [0.3, 0.4) is 0 Å². The highest BCUT2D eigenvalue weighted by Gasteiger charge is 2.39. The molecule has 5 nitrogen and oxygen atoms in total. The minimum absolute atomic E-state index is 0.0820. The van der Waals surface area contributed by atoms with Crippen LogP contribution in [0.15, 0.2) is 40.4 Å². The van der Waals surface area contributed by atoms with Crippen LogP contribution in [0.25, 0.3) is 17.4 Å². The maximum atomic E-state index is 13.1. The molecule has 0 spiro atoms. The Kier molecular flexibility index (Phi) is 5.36. The predicted octanol–water partition coefficient (Wildman–Crippen LogP) is 5.84. The Labute approximate surface area is 175 Å². The van der Waals surface area contributed by atoms with Gasteiger partial charge in [0.2, 0.25) is 0 Å². The molecule has 1 saturated carbocycles. The summed E-state index contributed by atoms with van der Waals surface area (Å²) in [5.41, 5.74) is -0.681. The zero-order valence-electron chi connectivity index (χ0n) is 15.8. The fourth-order valence-corrected chi connectivity index (χ4v) is 4.07. The molecule has 1 saturated heterocycles. The van der Waals surface area contributed by atoms with E-state index in [1.165, 1.54) is 29.2 Å². The summed E-state index contributed by atoms with van der Waals surface area (Å²) in [6.07, 6.45) is 1.41. The lowest BCUT2D eigenvalue weighted by atomic mass is 9.94. The number of halogens is 4. The first kappa shape index (κ1) is 20.5. The van der Waals surface area contributed by atoms with E-state index in [1.807, 2.05) is 0 Å². The van der Waals surface area contributed by atoms with Crippen LogP contribution in [-0.4, -0.2) is 22.9 Å². The number of hydrogen-bond acceptors (Lipinski definition) is 3. The minimum Gasteiger partial charge on any atom is -0.457 e. The van der Waals surface area contributed by atoms with Gasteiger partial charge in [-0.15, -0.1) is 0 Å². The molecule has 158 valence electrons. The average molecular weight is 439 g/mol. The van der Waals surface area contributed by atoms with Crippen LogP contribution in [0, 0.1) is 0 Å². The Hall–Kier alpha value is -2.74. The largest absolute Gasteiger partial charge is 0.457 e. The molecular formula is C21H18ClF3N2O3. The third-order valence-electron chi connectivity index (χ3n) is 5.32. The quantitative estimate of drug-likeness (QED) is 0.483. The van der Waals surface area contributed by atoms with E-state index in [1.54, 1.807) is 0 Å². The second-order valence-corrected chi connectivity index (χ2v) is 7.76.